The van der Waals surface area contributed by atoms with Gasteiger partial charge in [-0.25, -0.2) is 14.6 Å². The maximum absolute atomic E-state index is 11.8. The van der Waals surface area contributed by atoms with E-state index in [1.165, 1.54) is 17.2 Å². The highest BCUT2D eigenvalue weighted by Gasteiger charge is 2.46. The third kappa shape index (κ3) is 5.19. The molecule has 0 radical (unpaired) electrons. The van der Waals surface area contributed by atoms with E-state index in [9.17, 15) is 24.2 Å². The Kier molecular flexibility index (Phi) is 6.70. The van der Waals surface area contributed by atoms with E-state index in [-0.39, 0.29) is 0 Å². The van der Waals surface area contributed by atoms with Crippen LogP contribution in [0.5, 0.6) is 0 Å². The molecule has 2 aromatic heterocycles. The molecule has 1 aliphatic carbocycles. The van der Waals surface area contributed by atoms with Crippen LogP contribution < -0.4 is 5.32 Å². The number of rotatable bonds is 8. The Hall–Kier alpha value is -1.47. The Balaban J connectivity index is 1.49. The minimum atomic E-state index is -4.80. The molecule has 1 aliphatic heterocycles. The van der Waals surface area contributed by atoms with Gasteiger partial charge in [0.25, 0.3) is 0 Å². The lowest BCUT2D eigenvalue weighted by Crippen LogP contribution is -2.33. The van der Waals surface area contributed by atoms with E-state index in [2.05, 4.69) is 20.4 Å². The Morgan fingerprint density at radius 3 is 2.56 bits per heavy atom. The average molecular weight is 493 g/mol. The lowest BCUT2D eigenvalue weighted by atomic mass is 10.1. The summed E-state index contributed by atoms with van der Waals surface area (Å²) in [5.41, 5.74) is 0.354. The number of aromatic nitrogens is 4. The second-order valence-electron chi connectivity index (χ2n) is 7.96. The third-order valence-electron chi connectivity index (χ3n) is 5.47. The Labute approximate surface area is 182 Å². The molecule has 4 rings (SSSR count). The maximum Gasteiger partial charge on any atom is 0.340 e. The summed E-state index contributed by atoms with van der Waals surface area (Å²) in [7, 11) is -9.44. The summed E-state index contributed by atoms with van der Waals surface area (Å²) in [5, 5.41) is 29.0. The molecule has 0 spiro atoms. The second-order valence-corrected chi connectivity index (χ2v) is 12.0. The largest absolute Gasteiger partial charge is 0.387 e. The number of anilines is 1. The quantitative estimate of drug-likeness (QED) is 0.271. The van der Waals surface area contributed by atoms with E-state index in [4.69, 9.17) is 19.0 Å². The summed E-state index contributed by atoms with van der Waals surface area (Å²) in [6, 6.07) is 0.301. The number of aliphatic hydroxyl groups is 2. The zero-order chi connectivity index (χ0) is 23.1. The van der Waals surface area contributed by atoms with Gasteiger partial charge in [-0.05, 0) is 12.8 Å². The van der Waals surface area contributed by atoms with Gasteiger partial charge in [-0.1, -0.05) is 12.8 Å². The van der Waals surface area contributed by atoms with Gasteiger partial charge >= 0.3 is 15.2 Å². The SMILES string of the molecule is O=P(O)(O)CP(=O)(O)OC[C@H]1O[C@@H](n2ncc3c(NC4CCCC4)ncnc32)[C@H](O)[C@@H]1O. The molecular weight excluding hydrogens is 468 g/mol. The van der Waals surface area contributed by atoms with Gasteiger partial charge in [-0.3, -0.25) is 9.13 Å². The van der Waals surface area contributed by atoms with Gasteiger partial charge in [-0.15, -0.1) is 0 Å². The van der Waals surface area contributed by atoms with E-state index in [0.29, 0.717) is 22.9 Å². The number of hydrogen-bond acceptors (Lipinski definition) is 10. The van der Waals surface area contributed by atoms with E-state index < -0.39 is 52.2 Å². The summed E-state index contributed by atoms with van der Waals surface area (Å²) in [4.78, 5) is 35.8. The summed E-state index contributed by atoms with van der Waals surface area (Å²) in [5.74, 6) is -0.772. The highest BCUT2D eigenvalue weighted by molar-refractivity contribution is 7.70. The van der Waals surface area contributed by atoms with Crippen molar-refractivity contribution in [3.05, 3.63) is 12.5 Å². The fourth-order valence-electron chi connectivity index (χ4n) is 3.96. The first kappa shape index (κ1) is 23.7. The van der Waals surface area contributed by atoms with Crippen LogP contribution in [-0.2, 0) is 18.4 Å². The molecular formula is C16H25N5O9P2. The molecule has 1 saturated carbocycles. The first-order valence-corrected chi connectivity index (χ1v) is 13.6. The molecule has 3 heterocycles. The van der Waals surface area contributed by atoms with Crippen LogP contribution in [0.25, 0.3) is 11.0 Å². The third-order valence-corrected chi connectivity index (χ3v) is 8.92. The van der Waals surface area contributed by atoms with Crippen molar-refractivity contribution in [3.8, 4) is 0 Å². The lowest BCUT2D eigenvalue weighted by molar-refractivity contribution is -0.0541. The first-order valence-electron chi connectivity index (χ1n) is 10.0. The average Bonchev–Trinajstić information content (AvgIpc) is 3.41. The molecule has 32 heavy (non-hydrogen) atoms. The number of ether oxygens (including phenoxy) is 1. The molecule has 0 bridgehead atoms. The fraction of sp³-hybridized carbons (Fsp3) is 0.688. The number of hydrogen-bond donors (Lipinski definition) is 6. The normalized spacial score (nSPS) is 28.9. The minimum absolute atomic E-state index is 0.301. The van der Waals surface area contributed by atoms with Crippen LogP contribution in [0.2, 0.25) is 0 Å². The molecule has 0 aromatic carbocycles. The number of nitrogens with zero attached hydrogens (tertiary/aromatic N) is 4. The zero-order valence-electron chi connectivity index (χ0n) is 16.8. The van der Waals surface area contributed by atoms with Gasteiger partial charge in [0.2, 0.25) is 0 Å². The van der Waals surface area contributed by atoms with Crippen LogP contribution in [0.1, 0.15) is 31.9 Å². The van der Waals surface area contributed by atoms with Crippen molar-refractivity contribution in [2.45, 2.75) is 56.3 Å². The van der Waals surface area contributed by atoms with Crippen molar-refractivity contribution in [1.82, 2.24) is 19.7 Å². The van der Waals surface area contributed by atoms with Crippen LogP contribution in [0.3, 0.4) is 0 Å². The fourth-order valence-corrected chi connectivity index (χ4v) is 6.53. The van der Waals surface area contributed by atoms with Crippen molar-refractivity contribution in [3.63, 3.8) is 0 Å². The van der Waals surface area contributed by atoms with Gasteiger partial charge < -0.3 is 39.5 Å². The predicted molar refractivity (Wildman–Crippen MR) is 110 cm³/mol. The van der Waals surface area contributed by atoms with E-state index >= 15 is 0 Å². The lowest BCUT2D eigenvalue weighted by Gasteiger charge is -2.18. The Morgan fingerprint density at radius 2 is 1.88 bits per heavy atom. The molecule has 1 saturated heterocycles. The summed E-state index contributed by atoms with van der Waals surface area (Å²) in [6.07, 6.45) is 1.83. The van der Waals surface area contributed by atoms with E-state index in [1.807, 2.05) is 0 Å². The maximum atomic E-state index is 11.8. The molecule has 14 nitrogen and oxygen atoms in total. The Morgan fingerprint density at radius 1 is 1.16 bits per heavy atom. The van der Waals surface area contributed by atoms with E-state index in [0.717, 1.165) is 25.7 Å². The first-order chi connectivity index (χ1) is 15.0. The van der Waals surface area contributed by atoms with Crippen molar-refractivity contribution in [2.75, 3.05) is 17.8 Å². The topological polar surface area (TPSA) is 209 Å². The molecule has 6 N–H and O–H groups in total. The second kappa shape index (κ2) is 9.05. The zero-order valence-corrected chi connectivity index (χ0v) is 18.6. The smallest absolute Gasteiger partial charge is 0.340 e. The summed E-state index contributed by atoms with van der Waals surface area (Å²) < 4.78 is 34.4. The van der Waals surface area contributed by atoms with Crippen molar-refractivity contribution in [2.24, 2.45) is 0 Å². The number of nitrogens with one attached hydrogen (secondary N) is 1. The minimum Gasteiger partial charge on any atom is -0.387 e. The molecule has 2 aromatic rings. The molecule has 2 aliphatic rings. The Bertz CT molecular complexity index is 1060. The van der Waals surface area contributed by atoms with Crippen LogP contribution in [0.15, 0.2) is 12.5 Å². The van der Waals surface area contributed by atoms with Crippen molar-refractivity contribution < 1.29 is 43.3 Å². The van der Waals surface area contributed by atoms with Crippen molar-refractivity contribution in [1.29, 1.82) is 0 Å². The van der Waals surface area contributed by atoms with Gasteiger partial charge in [-0.2, -0.15) is 5.10 Å². The molecule has 1 unspecified atom stereocenters. The van der Waals surface area contributed by atoms with Crippen LogP contribution in [0, 0.1) is 0 Å². The predicted octanol–water partition coefficient (Wildman–Crippen LogP) is 0.137. The van der Waals surface area contributed by atoms with Gasteiger partial charge in [0, 0.05) is 6.04 Å². The van der Waals surface area contributed by atoms with Crippen LogP contribution in [-0.4, -0.2) is 81.5 Å². The highest BCUT2D eigenvalue weighted by atomic mass is 31.2. The number of fused-ring (bicyclic) bond motifs is 1. The van der Waals surface area contributed by atoms with Crippen molar-refractivity contribution >= 4 is 32.0 Å². The number of aliphatic hydroxyl groups excluding tert-OH is 2. The van der Waals surface area contributed by atoms with Crippen LogP contribution >= 0.6 is 15.2 Å². The van der Waals surface area contributed by atoms with E-state index in [1.54, 1.807) is 0 Å². The summed E-state index contributed by atoms with van der Waals surface area (Å²) in [6.45, 7) is -0.675. The van der Waals surface area contributed by atoms with Crippen LogP contribution in [0.4, 0.5) is 5.82 Å². The summed E-state index contributed by atoms with van der Waals surface area (Å²) >= 11 is 0. The monoisotopic (exact) mass is 493 g/mol. The standard InChI is InChI=1S/C16H25N5O9P2/c22-12-11(6-29-32(27,28)8-31(24,25)26)30-16(13(12)23)21-15-10(5-19-21)14(17-7-18-15)20-9-3-1-2-4-9/h5,7,9,11-13,16,22-23H,1-4,6,8H2,(H,27,28)(H,17,18,20)(H2,24,25,26)/t11-,12-,13-,16-/m1/s1. The van der Waals surface area contributed by atoms with Gasteiger partial charge in [0.05, 0.1) is 18.2 Å². The highest BCUT2D eigenvalue weighted by Crippen LogP contribution is 2.55. The molecule has 16 heteroatoms. The molecule has 2 fully saturated rings. The molecule has 178 valence electrons. The molecule has 5 atom stereocenters. The molecule has 0 amide bonds. The van der Waals surface area contributed by atoms with Gasteiger partial charge in [0.1, 0.15) is 30.5 Å². The van der Waals surface area contributed by atoms with Gasteiger partial charge in [0.15, 0.2) is 17.8 Å².